The number of ether oxygens (including phenoxy) is 1. The van der Waals surface area contributed by atoms with E-state index in [1.54, 1.807) is 6.92 Å². The zero-order valence-electron chi connectivity index (χ0n) is 20.8. The Labute approximate surface area is 194 Å². The number of aliphatic hydroxyl groups excluding tert-OH is 2. The molecule has 5 rings (SSSR count). The van der Waals surface area contributed by atoms with E-state index in [4.69, 9.17) is 4.74 Å². The summed E-state index contributed by atoms with van der Waals surface area (Å²) < 4.78 is 5.95. The molecule has 0 bridgehead atoms. The van der Waals surface area contributed by atoms with Crippen LogP contribution in [0.4, 0.5) is 0 Å². The molecule has 0 aromatic carbocycles. The first kappa shape index (κ1) is 23.3. The third-order valence-corrected chi connectivity index (χ3v) is 11.0. The second-order valence-electron chi connectivity index (χ2n) is 13.2. The fraction of sp³-hybridized carbons (Fsp3) is 0.963. The van der Waals surface area contributed by atoms with Gasteiger partial charge in [0.15, 0.2) is 0 Å². The molecule has 5 aliphatic rings. The molecule has 0 radical (unpaired) electrons. The van der Waals surface area contributed by atoms with Crippen LogP contribution >= 0.6 is 0 Å². The molecule has 1 aliphatic heterocycles. The third-order valence-electron chi connectivity index (χ3n) is 11.0. The molecule has 5 nitrogen and oxygen atoms in total. The summed E-state index contributed by atoms with van der Waals surface area (Å²) in [7, 11) is 0. The third kappa shape index (κ3) is 3.44. The number of rotatable bonds is 2. The van der Waals surface area contributed by atoms with E-state index in [2.05, 4.69) is 32.6 Å². The maximum atomic E-state index is 12.4. The van der Waals surface area contributed by atoms with Crippen LogP contribution in [0.1, 0.15) is 79.6 Å². The van der Waals surface area contributed by atoms with Crippen molar-refractivity contribution in [1.82, 2.24) is 4.90 Å². The molecule has 0 aromatic rings. The first-order valence-electron chi connectivity index (χ1n) is 13.2. The van der Waals surface area contributed by atoms with Crippen molar-refractivity contribution in [2.24, 2.45) is 40.4 Å². The number of Topliss-reactive ketones (excluding diaryl/α,β-unsaturated/α-hetero) is 1. The Morgan fingerprint density at radius 2 is 1.72 bits per heavy atom. The minimum Gasteiger partial charge on any atom is -0.393 e. The SMILES string of the molecule is CC(=O)[C@H]1CC[C@H]2[C@@H]3CC[C@H]4C[C@H](O)[C@@H](N5CCOC(C)(C)C5)C[C@]4(C)[C@H]3[C@@H](O)C[C@]12C. The van der Waals surface area contributed by atoms with E-state index in [1.165, 1.54) is 0 Å². The molecule has 4 aliphatic carbocycles. The van der Waals surface area contributed by atoms with Crippen LogP contribution in [0.2, 0.25) is 0 Å². The van der Waals surface area contributed by atoms with Crippen LogP contribution in [0, 0.1) is 40.4 Å². The van der Waals surface area contributed by atoms with Gasteiger partial charge in [0.2, 0.25) is 0 Å². The summed E-state index contributed by atoms with van der Waals surface area (Å²) in [6.07, 6.45) is 6.39. The van der Waals surface area contributed by atoms with Crippen molar-refractivity contribution in [3.8, 4) is 0 Å². The number of nitrogens with zero attached hydrogens (tertiary/aromatic N) is 1. The molecule has 0 spiro atoms. The van der Waals surface area contributed by atoms with Gasteiger partial charge in [0, 0.05) is 25.0 Å². The van der Waals surface area contributed by atoms with Crippen LogP contribution in [0.3, 0.4) is 0 Å². The lowest BCUT2D eigenvalue weighted by atomic mass is 9.43. The van der Waals surface area contributed by atoms with Gasteiger partial charge in [-0.05, 0) is 100 Å². The molecule has 182 valence electrons. The number of hydrogen-bond acceptors (Lipinski definition) is 5. The van der Waals surface area contributed by atoms with Crippen molar-refractivity contribution in [1.29, 1.82) is 0 Å². The molecule has 4 saturated carbocycles. The predicted octanol–water partition coefficient (Wildman–Crippen LogP) is 3.66. The molecule has 2 N–H and O–H groups in total. The maximum absolute atomic E-state index is 12.4. The zero-order chi connectivity index (χ0) is 23.1. The number of carbonyl (C=O) groups is 1. The average Bonchev–Trinajstić information content (AvgIpc) is 3.03. The van der Waals surface area contributed by atoms with Crippen molar-refractivity contribution < 1.29 is 19.7 Å². The summed E-state index contributed by atoms with van der Waals surface area (Å²) >= 11 is 0. The number of fused-ring (bicyclic) bond motifs is 5. The molecule has 10 atom stereocenters. The first-order valence-corrected chi connectivity index (χ1v) is 13.2. The summed E-state index contributed by atoms with van der Waals surface area (Å²) in [5, 5.41) is 22.9. The van der Waals surface area contributed by atoms with Gasteiger partial charge in [-0.15, -0.1) is 0 Å². The average molecular weight is 448 g/mol. The van der Waals surface area contributed by atoms with Crippen LogP contribution in [-0.2, 0) is 9.53 Å². The Balaban J connectivity index is 1.43. The Hall–Kier alpha value is -0.490. The lowest BCUT2D eigenvalue weighted by molar-refractivity contribution is -0.198. The van der Waals surface area contributed by atoms with E-state index < -0.39 is 0 Å². The van der Waals surface area contributed by atoms with Gasteiger partial charge >= 0.3 is 0 Å². The molecule has 32 heavy (non-hydrogen) atoms. The van der Waals surface area contributed by atoms with Crippen molar-refractivity contribution >= 4 is 5.78 Å². The van der Waals surface area contributed by atoms with Crippen LogP contribution in [0.5, 0.6) is 0 Å². The van der Waals surface area contributed by atoms with Gasteiger partial charge in [-0.2, -0.15) is 0 Å². The number of morpholine rings is 1. The van der Waals surface area contributed by atoms with E-state index in [0.29, 0.717) is 23.5 Å². The second-order valence-corrected chi connectivity index (χ2v) is 13.2. The lowest BCUT2D eigenvalue weighted by Gasteiger charge is -2.64. The first-order chi connectivity index (χ1) is 15.0. The Kier molecular flexibility index (Phi) is 5.64. The summed E-state index contributed by atoms with van der Waals surface area (Å²) in [6.45, 7) is 13.2. The quantitative estimate of drug-likeness (QED) is 0.676. The van der Waals surface area contributed by atoms with Gasteiger partial charge < -0.3 is 14.9 Å². The predicted molar refractivity (Wildman–Crippen MR) is 124 cm³/mol. The second kappa shape index (κ2) is 7.76. The topological polar surface area (TPSA) is 70.0 Å². The van der Waals surface area contributed by atoms with Crippen LogP contribution < -0.4 is 0 Å². The van der Waals surface area contributed by atoms with Crippen LogP contribution in [0.25, 0.3) is 0 Å². The minimum atomic E-state index is -0.342. The van der Waals surface area contributed by atoms with E-state index in [9.17, 15) is 15.0 Å². The summed E-state index contributed by atoms with van der Waals surface area (Å²) in [5.41, 5.74) is -0.176. The molecule has 0 aromatic heterocycles. The van der Waals surface area contributed by atoms with Gasteiger partial charge in [-0.1, -0.05) is 13.8 Å². The van der Waals surface area contributed by atoms with E-state index in [0.717, 1.165) is 64.6 Å². The van der Waals surface area contributed by atoms with E-state index >= 15 is 0 Å². The van der Waals surface area contributed by atoms with Crippen molar-refractivity contribution in [3.63, 3.8) is 0 Å². The fourth-order valence-corrected chi connectivity index (χ4v) is 9.78. The highest BCUT2D eigenvalue weighted by molar-refractivity contribution is 5.79. The summed E-state index contributed by atoms with van der Waals surface area (Å²) in [4.78, 5) is 14.9. The number of ketones is 1. The smallest absolute Gasteiger partial charge is 0.133 e. The number of aliphatic hydroxyl groups is 2. The van der Waals surface area contributed by atoms with E-state index in [1.807, 2.05) is 0 Å². The Morgan fingerprint density at radius 1 is 0.969 bits per heavy atom. The van der Waals surface area contributed by atoms with E-state index in [-0.39, 0.29) is 46.5 Å². The summed E-state index contributed by atoms with van der Waals surface area (Å²) in [6, 6.07) is 0.146. The van der Waals surface area contributed by atoms with Crippen LogP contribution in [-0.4, -0.2) is 64.4 Å². The highest BCUT2D eigenvalue weighted by Gasteiger charge is 2.64. The minimum absolute atomic E-state index is 0.0442. The van der Waals surface area contributed by atoms with Crippen LogP contribution in [0.15, 0.2) is 0 Å². The van der Waals surface area contributed by atoms with Gasteiger partial charge in [-0.25, -0.2) is 0 Å². The Morgan fingerprint density at radius 3 is 2.41 bits per heavy atom. The van der Waals surface area contributed by atoms with Crippen molar-refractivity contribution in [2.75, 3.05) is 19.7 Å². The largest absolute Gasteiger partial charge is 0.393 e. The van der Waals surface area contributed by atoms with Gasteiger partial charge in [0.1, 0.15) is 5.78 Å². The number of hydrogen-bond donors (Lipinski definition) is 2. The highest BCUT2D eigenvalue weighted by Crippen LogP contribution is 2.67. The monoisotopic (exact) mass is 447 g/mol. The van der Waals surface area contributed by atoms with Crippen molar-refractivity contribution in [3.05, 3.63) is 0 Å². The molecule has 1 saturated heterocycles. The fourth-order valence-electron chi connectivity index (χ4n) is 9.78. The van der Waals surface area contributed by atoms with Gasteiger partial charge in [-0.3, -0.25) is 9.69 Å². The normalized spacial score (nSPS) is 53.2. The lowest BCUT2D eigenvalue weighted by Crippen LogP contribution is -2.64. The molecule has 5 heteroatoms. The number of carbonyl (C=O) groups excluding carboxylic acids is 1. The molecular formula is C27H45NO4. The summed E-state index contributed by atoms with van der Waals surface area (Å²) in [5.74, 6) is 2.25. The molecular weight excluding hydrogens is 402 g/mol. The molecule has 0 amide bonds. The highest BCUT2D eigenvalue weighted by atomic mass is 16.5. The molecule has 1 heterocycles. The van der Waals surface area contributed by atoms with Crippen molar-refractivity contribution in [2.45, 2.75) is 103 Å². The maximum Gasteiger partial charge on any atom is 0.133 e. The molecule has 0 unspecified atom stereocenters. The zero-order valence-corrected chi connectivity index (χ0v) is 20.8. The Bertz CT molecular complexity index is 754. The standard InChI is InChI=1S/C27H45NO4/c1-16(29)19-8-9-20-18-7-6-17-12-22(30)21(28-10-11-32-25(2,3)15-28)13-26(17,4)24(18)23(31)14-27(19,20)5/h17-24,30-31H,6-15H2,1-5H3/t17-,18-,19+,20-,21-,22-,23-,24+,26-,27+/m0/s1. The molecule has 5 fully saturated rings. The van der Waals surface area contributed by atoms with Gasteiger partial charge in [0.05, 0.1) is 24.4 Å². The van der Waals surface area contributed by atoms with Gasteiger partial charge in [0.25, 0.3) is 0 Å².